The standard InChI is InChI=1S/C15H21FN2O/c1-10-6-7-12(16)8-13(10)15(19)18(2)14-5-3-4-11(14)9-17/h6-8,11,14H,3-5,9,17H2,1-2H3. The van der Waals surface area contributed by atoms with Crippen molar-refractivity contribution in [1.29, 1.82) is 0 Å². The highest BCUT2D eigenvalue weighted by atomic mass is 19.1. The van der Waals surface area contributed by atoms with E-state index in [1.807, 2.05) is 6.92 Å². The summed E-state index contributed by atoms with van der Waals surface area (Å²) in [6.45, 7) is 2.43. The van der Waals surface area contributed by atoms with E-state index in [2.05, 4.69) is 0 Å². The lowest BCUT2D eigenvalue weighted by atomic mass is 10.0. The van der Waals surface area contributed by atoms with E-state index >= 15 is 0 Å². The van der Waals surface area contributed by atoms with Gasteiger partial charge in [0.1, 0.15) is 5.82 Å². The molecule has 1 saturated carbocycles. The molecule has 0 saturated heterocycles. The van der Waals surface area contributed by atoms with E-state index in [9.17, 15) is 9.18 Å². The highest BCUT2D eigenvalue weighted by Crippen LogP contribution is 2.29. The first-order valence-corrected chi connectivity index (χ1v) is 6.78. The third kappa shape index (κ3) is 2.78. The van der Waals surface area contributed by atoms with E-state index in [1.54, 1.807) is 18.0 Å². The van der Waals surface area contributed by atoms with Crippen LogP contribution in [0.2, 0.25) is 0 Å². The van der Waals surface area contributed by atoms with Gasteiger partial charge in [0.2, 0.25) is 0 Å². The summed E-state index contributed by atoms with van der Waals surface area (Å²) in [7, 11) is 1.80. The minimum absolute atomic E-state index is 0.109. The molecule has 1 aromatic carbocycles. The Kier molecular flexibility index (Phi) is 4.20. The molecule has 3 nitrogen and oxygen atoms in total. The van der Waals surface area contributed by atoms with Gasteiger partial charge in [0.25, 0.3) is 5.91 Å². The van der Waals surface area contributed by atoms with Gasteiger partial charge in [0.15, 0.2) is 0 Å². The molecule has 4 heteroatoms. The van der Waals surface area contributed by atoms with Crippen LogP contribution in [0, 0.1) is 18.7 Å². The van der Waals surface area contributed by atoms with Crippen LogP contribution >= 0.6 is 0 Å². The van der Waals surface area contributed by atoms with Gasteiger partial charge < -0.3 is 10.6 Å². The van der Waals surface area contributed by atoms with Crippen LogP contribution in [0.25, 0.3) is 0 Å². The van der Waals surface area contributed by atoms with Crippen molar-refractivity contribution in [2.75, 3.05) is 13.6 Å². The Labute approximate surface area is 113 Å². The van der Waals surface area contributed by atoms with Crippen molar-refractivity contribution in [2.24, 2.45) is 11.7 Å². The summed E-state index contributed by atoms with van der Waals surface area (Å²) >= 11 is 0. The molecule has 0 spiro atoms. The van der Waals surface area contributed by atoms with Crippen molar-refractivity contribution in [3.8, 4) is 0 Å². The van der Waals surface area contributed by atoms with Crippen molar-refractivity contribution >= 4 is 5.91 Å². The summed E-state index contributed by atoms with van der Waals surface area (Å²) in [5, 5.41) is 0. The summed E-state index contributed by atoms with van der Waals surface area (Å²) < 4.78 is 13.3. The molecule has 1 aliphatic carbocycles. The molecule has 2 rings (SSSR count). The number of rotatable bonds is 3. The number of amides is 1. The molecule has 0 radical (unpaired) electrons. The number of halogens is 1. The van der Waals surface area contributed by atoms with Crippen LogP contribution in [-0.2, 0) is 0 Å². The van der Waals surface area contributed by atoms with Gasteiger partial charge in [0.05, 0.1) is 0 Å². The topological polar surface area (TPSA) is 46.3 Å². The van der Waals surface area contributed by atoms with Gasteiger partial charge in [0, 0.05) is 18.7 Å². The summed E-state index contributed by atoms with van der Waals surface area (Å²) in [5.74, 6) is -0.116. The normalized spacial score (nSPS) is 22.5. The van der Waals surface area contributed by atoms with Crippen LogP contribution in [0.1, 0.15) is 35.2 Å². The second kappa shape index (κ2) is 5.70. The Balaban J connectivity index is 2.21. The van der Waals surface area contributed by atoms with Crippen molar-refractivity contribution in [3.05, 3.63) is 35.1 Å². The van der Waals surface area contributed by atoms with E-state index in [4.69, 9.17) is 5.73 Å². The van der Waals surface area contributed by atoms with Crippen LogP contribution in [0.3, 0.4) is 0 Å². The number of hydrogen-bond donors (Lipinski definition) is 1. The molecule has 1 aromatic rings. The smallest absolute Gasteiger partial charge is 0.254 e. The number of nitrogens with zero attached hydrogens (tertiary/aromatic N) is 1. The van der Waals surface area contributed by atoms with Crippen molar-refractivity contribution in [1.82, 2.24) is 4.90 Å². The lowest BCUT2D eigenvalue weighted by Gasteiger charge is -2.29. The molecular weight excluding hydrogens is 243 g/mol. The van der Waals surface area contributed by atoms with Gasteiger partial charge in [-0.15, -0.1) is 0 Å². The first-order valence-electron chi connectivity index (χ1n) is 6.78. The summed E-state index contributed by atoms with van der Waals surface area (Å²) in [5.41, 5.74) is 7.01. The van der Waals surface area contributed by atoms with Crippen LogP contribution in [-0.4, -0.2) is 30.4 Å². The predicted molar refractivity (Wildman–Crippen MR) is 73.4 cm³/mol. The molecule has 0 heterocycles. The van der Waals surface area contributed by atoms with Gasteiger partial charge in [-0.3, -0.25) is 4.79 Å². The number of carbonyl (C=O) groups is 1. The lowest BCUT2D eigenvalue weighted by molar-refractivity contribution is 0.0698. The molecule has 0 aliphatic heterocycles. The fourth-order valence-corrected chi connectivity index (χ4v) is 2.97. The predicted octanol–water partition coefficient (Wildman–Crippen LogP) is 2.33. The Hall–Kier alpha value is -1.42. The van der Waals surface area contributed by atoms with Gasteiger partial charge in [-0.2, -0.15) is 0 Å². The molecule has 2 unspecified atom stereocenters. The van der Waals surface area contributed by atoms with Crippen molar-refractivity contribution < 1.29 is 9.18 Å². The first kappa shape index (κ1) is 14.0. The van der Waals surface area contributed by atoms with E-state index in [0.717, 1.165) is 24.8 Å². The van der Waals surface area contributed by atoms with E-state index in [0.29, 0.717) is 18.0 Å². The first-order chi connectivity index (χ1) is 9.04. The minimum Gasteiger partial charge on any atom is -0.338 e. The Morgan fingerprint density at radius 1 is 1.47 bits per heavy atom. The maximum atomic E-state index is 13.3. The molecule has 2 atom stereocenters. The van der Waals surface area contributed by atoms with Crippen LogP contribution in [0.4, 0.5) is 4.39 Å². The summed E-state index contributed by atoms with van der Waals surface area (Å²) in [6.07, 6.45) is 3.16. The maximum Gasteiger partial charge on any atom is 0.254 e. The van der Waals surface area contributed by atoms with E-state index < -0.39 is 0 Å². The number of hydrogen-bond acceptors (Lipinski definition) is 2. The monoisotopic (exact) mass is 264 g/mol. The van der Waals surface area contributed by atoms with Crippen LogP contribution < -0.4 is 5.73 Å². The third-order valence-electron chi connectivity index (χ3n) is 4.17. The fraction of sp³-hybridized carbons (Fsp3) is 0.533. The van der Waals surface area contributed by atoms with Crippen molar-refractivity contribution in [3.63, 3.8) is 0 Å². The lowest BCUT2D eigenvalue weighted by Crippen LogP contribution is -2.41. The number of benzene rings is 1. The zero-order valence-electron chi connectivity index (χ0n) is 11.5. The highest BCUT2D eigenvalue weighted by molar-refractivity contribution is 5.95. The minimum atomic E-state index is -0.371. The average molecular weight is 264 g/mol. The maximum absolute atomic E-state index is 13.3. The molecule has 2 N–H and O–H groups in total. The van der Waals surface area contributed by atoms with Gasteiger partial charge >= 0.3 is 0 Å². The van der Waals surface area contributed by atoms with Gasteiger partial charge in [-0.25, -0.2) is 4.39 Å². The SMILES string of the molecule is Cc1ccc(F)cc1C(=O)N(C)C1CCCC1CN. The second-order valence-electron chi connectivity index (χ2n) is 5.37. The molecule has 1 amide bonds. The molecular formula is C15H21FN2O. The quantitative estimate of drug-likeness (QED) is 0.910. The Morgan fingerprint density at radius 3 is 2.89 bits per heavy atom. The highest BCUT2D eigenvalue weighted by Gasteiger charge is 2.32. The largest absolute Gasteiger partial charge is 0.338 e. The zero-order valence-corrected chi connectivity index (χ0v) is 11.5. The van der Waals surface area contributed by atoms with Crippen LogP contribution in [0.5, 0.6) is 0 Å². The van der Waals surface area contributed by atoms with Gasteiger partial charge in [-0.1, -0.05) is 12.5 Å². The number of nitrogens with two attached hydrogens (primary N) is 1. The zero-order chi connectivity index (χ0) is 14.0. The van der Waals surface area contributed by atoms with Crippen molar-refractivity contribution in [2.45, 2.75) is 32.2 Å². The molecule has 1 aliphatic rings. The van der Waals surface area contributed by atoms with Gasteiger partial charge in [-0.05, 0) is 49.9 Å². The molecule has 104 valence electrons. The molecule has 0 bridgehead atoms. The average Bonchev–Trinajstić information content (AvgIpc) is 2.88. The third-order valence-corrected chi connectivity index (χ3v) is 4.17. The fourth-order valence-electron chi connectivity index (χ4n) is 2.97. The molecule has 0 aromatic heterocycles. The van der Waals surface area contributed by atoms with E-state index in [-0.39, 0.29) is 17.8 Å². The molecule has 19 heavy (non-hydrogen) atoms. The second-order valence-corrected chi connectivity index (χ2v) is 5.37. The number of aryl methyl sites for hydroxylation is 1. The summed E-state index contributed by atoms with van der Waals surface area (Å²) in [4.78, 5) is 14.2. The Bertz CT molecular complexity index is 475. The Morgan fingerprint density at radius 2 is 2.21 bits per heavy atom. The number of carbonyl (C=O) groups excluding carboxylic acids is 1. The van der Waals surface area contributed by atoms with Crippen LogP contribution in [0.15, 0.2) is 18.2 Å². The van der Waals surface area contributed by atoms with E-state index in [1.165, 1.54) is 12.1 Å². The molecule has 1 fully saturated rings. The summed E-state index contributed by atoms with van der Waals surface area (Å²) in [6, 6.07) is 4.52.